The second kappa shape index (κ2) is 9.00. The average Bonchev–Trinajstić information content (AvgIpc) is 3.40. The highest BCUT2D eigenvalue weighted by molar-refractivity contribution is 7.93. The van der Waals surface area contributed by atoms with E-state index in [0.717, 1.165) is 36.2 Å². The monoisotopic (exact) mass is 520 g/mol. The maximum Gasteiger partial charge on any atom is 0.248 e. The molecule has 3 N–H and O–H groups in total. The van der Waals surface area contributed by atoms with Crippen molar-refractivity contribution in [2.75, 3.05) is 11.3 Å². The third kappa shape index (κ3) is 4.49. The highest BCUT2D eigenvalue weighted by atomic mass is 32.2. The summed E-state index contributed by atoms with van der Waals surface area (Å²) in [6, 6.07) is 4.60. The number of aromatic amines is 1. The van der Waals surface area contributed by atoms with E-state index in [4.69, 9.17) is 0 Å². The largest absolute Gasteiger partial charge is 0.345 e. The van der Waals surface area contributed by atoms with Crippen LogP contribution in [0.3, 0.4) is 0 Å². The summed E-state index contributed by atoms with van der Waals surface area (Å²) in [7, 11) is -3.86. The van der Waals surface area contributed by atoms with E-state index in [9.17, 15) is 13.2 Å². The number of fused-ring (bicyclic) bond motifs is 1. The van der Waals surface area contributed by atoms with Gasteiger partial charge in [0.1, 0.15) is 16.8 Å². The van der Waals surface area contributed by atoms with Crippen molar-refractivity contribution < 1.29 is 17.6 Å². The Bertz CT molecular complexity index is 1620. The van der Waals surface area contributed by atoms with Crippen molar-refractivity contribution in [1.29, 1.82) is 0 Å². The predicted molar refractivity (Wildman–Crippen MR) is 137 cm³/mol. The summed E-state index contributed by atoms with van der Waals surface area (Å²) in [4.78, 5) is 29.8. The van der Waals surface area contributed by atoms with Gasteiger partial charge in [-0.05, 0) is 62.9 Å². The lowest BCUT2D eigenvalue weighted by atomic mass is 9.99. The number of hydrogen-bond acceptors (Lipinski definition) is 7. The first-order chi connectivity index (χ1) is 17.8. The molecule has 6 rings (SSSR count). The Hall–Kier alpha value is -3.70. The second-order valence-electron chi connectivity index (χ2n) is 9.66. The van der Waals surface area contributed by atoms with Crippen LogP contribution in [0.15, 0.2) is 43.0 Å². The lowest BCUT2D eigenvalue weighted by Gasteiger charge is -2.16. The van der Waals surface area contributed by atoms with Crippen molar-refractivity contribution in [3.63, 3.8) is 0 Å². The van der Waals surface area contributed by atoms with Gasteiger partial charge in [-0.1, -0.05) is 0 Å². The van der Waals surface area contributed by atoms with Crippen molar-refractivity contribution in [2.45, 2.75) is 43.9 Å². The summed E-state index contributed by atoms with van der Waals surface area (Å²) in [6.45, 7) is 2.26. The summed E-state index contributed by atoms with van der Waals surface area (Å²) >= 11 is 0. The molecule has 4 aromatic rings. The number of H-pyrrole nitrogens is 1. The Balaban J connectivity index is 1.34. The van der Waals surface area contributed by atoms with E-state index in [2.05, 4.69) is 30.0 Å². The van der Waals surface area contributed by atoms with E-state index < -0.39 is 27.0 Å². The van der Waals surface area contributed by atoms with Crippen LogP contribution in [0.1, 0.15) is 58.9 Å². The lowest BCUT2D eigenvalue weighted by Crippen LogP contribution is -2.35. The fourth-order valence-electron chi connectivity index (χ4n) is 4.68. The Labute approximate surface area is 213 Å². The number of carbonyl (C=O) groups is 1. The number of hydrogen-bond donors (Lipinski definition) is 3. The molecule has 0 radical (unpaired) electrons. The van der Waals surface area contributed by atoms with Crippen LogP contribution in [0.4, 0.5) is 10.1 Å². The first-order valence-electron chi connectivity index (χ1n) is 12.2. The topological polar surface area (TPSA) is 130 Å². The number of halogens is 1. The number of aryl methyl sites for hydroxylation is 1. The van der Waals surface area contributed by atoms with Crippen molar-refractivity contribution in [3.05, 3.63) is 71.3 Å². The summed E-state index contributed by atoms with van der Waals surface area (Å²) in [5.74, 6) is -0.220. The lowest BCUT2D eigenvalue weighted by molar-refractivity contribution is 0.103. The van der Waals surface area contributed by atoms with Crippen LogP contribution in [-0.4, -0.2) is 46.1 Å². The molecule has 190 valence electrons. The molecule has 1 saturated carbocycles. The van der Waals surface area contributed by atoms with E-state index in [1.807, 2.05) is 0 Å². The number of ketones is 1. The van der Waals surface area contributed by atoms with Gasteiger partial charge in [-0.2, -0.15) is 0 Å². The number of aromatic nitrogens is 4. The van der Waals surface area contributed by atoms with Gasteiger partial charge in [-0.3, -0.25) is 14.8 Å². The Kier molecular flexibility index (Phi) is 5.76. The first-order valence-corrected chi connectivity index (χ1v) is 13.7. The molecule has 1 aromatic carbocycles. The van der Waals surface area contributed by atoms with Crippen LogP contribution in [0, 0.1) is 12.7 Å². The van der Waals surface area contributed by atoms with Crippen LogP contribution in [0.25, 0.3) is 22.2 Å². The van der Waals surface area contributed by atoms with Crippen LogP contribution in [-0.2, 0) is 10.0 Å². The van der Waals surface area contributed by atoms with Gasteiger partial charge < -0.3 is 4.98 Å². The highest BCUT2D eigenvalue weighted by Gasteiger charge is 2.30. The maximum absolute atomic E-state index is 15.6. The summed E-state index contributed by atoms with van der Waals surface area (Å²) < 4.78 is 43.4. The molecule has 2 fully saturated rings. The van der Waals surface area contributed by atoms with Crippen LogP contribution in [0.5, 0.6) is 0 Å². The zero-order valence-electron chi connectivity index (χ0n) is 20.1. The van der Waals surface area contributed by atoms with Gasteiger partial charge in [0.05, 0.1) is 11.3 Å². The number of carbonyl (C=O) groups excluding carboxylic acids is 1. The van der Waals surface area contributed by atoms with Gasteiger partial charge in [0.25, 0.3) is 0 Å². The minimum absolute atomic E-state index is 0.222. The third-order valence-corrected chi connectivity index (χ3v) is 8.48. The van der Waals surface area contributed by atoms with Gasteiger partial charge in [0.2, 0.25) is 10.0 Å². The molecule has 2 aliphatic rings. The van der Waals surface area contributed by atoms with Crippen molar-refractivity contribution in [2.24, 2.45) is 0 Å². The molecule has 9 nitrogen and oxygen atoms in total. The van der Waals surface area contributed by atoms with E-state index >= 15 is 4.39 Å². The van der Waals surface area contributed by atoms with E-state index in [1.165, 1.54) is 18.3 Å². The second-order valence-corrected chi connectivity index (χ2v) is 11.5. The number of rotatable bonds is 7. The Morgan fingerprint density at radius 3 is 2.49 bits per heavy atom. The molecule has 1 aliphatic heterocycles. The standard InChI is InChI=1S/C26H25FN6O3S/c1-14-7-19(23(27)21(8-14)33-37(35,36)22-3-2-6-28-22)24(34)20-13-32-26-18(20)9-16(10-31-26)17-11-29-25(30-12-17)15-4-5-15/h7-13,15,22,28,33H,2-6H2,1H3,(H,31,32). The summed E-state index contributed by atoms with van der Waals surface area (Å²) in [6.07, 6.45) is 10.0. The summed E-state index contributed by atoms with van der Waals surface area (Å²) in [5, 5.41) is 2.62. The molecular formula is C26H25FN6O3S. The SMILES string of the molecule is Cc1cc(NS(=O)(=O)C2CCCN2)c(F)c(C(=O)c2c[nH]c3ncc(-c4cnc(C5CC5)nc4)cc23)c1. The molecule has 1 unspecified atom stereocenters. The zero-order valence-corrected chi connectivity index (χ0v) is 20.9. The number of anilines is 1. The van der Waals surface area contributed by atoms with Crippen molar-refractivity contribution in [3.8, 4) is 11.1 Å². The molecule has 0 bridgehead atoms. The van der Waals surface area contributed by atoms with Crippen molar-refractivity contribution in [1.82, 2.24) is 25.3 Å². The molecule has 37 heavy (non-hydrogen) atoms. The normalized spacial score (nSPS) is 17.8. The molecule has 0 amide bonds. The molecule has 1 atom stereocenters. The molecule has 0 spiro atoms. The molecule has 3 aromatic heterocycles. The van der Waals surface area contributed by atoms with E-state index in [-0.39, 0.29) is 16.8 Å². The molecule has 1 saturated heterocycles. The molecule has 4 heterocycles. The van der Waals surface area contributed by atoms with Gasteiger partial charge in [-0.15, -0.1) is 0 Å². The highest BCUT2D eigenvalue weighted by Crippen LogP contribution is 2.38. The number of benzene rings is 1. The van der Waals surface area contributed by atoms with Gasteiger partial charge in [0.15, 0.2) is 11.6 Å². The maximum atomic E-state index is 15.6. The van der Waals surface area contributed by atoms with Crippen LogP contribution in [0.2, 0.25) is 0 Å². The Morgan fingerprint density at radius 1 is 1.03 bits per heavy atom. The summed E-state index contributed by atoms with van der Waals surface area (Å²) in [5.41, 5.74) is 2.28. The molecule has 1 aliphatic carbocycles. The number of pyridine rings is 1. The quantitative estimate of drug-likeness (QED) is 0.314. The molecular weight excluding hydrogens is 495 g/mol. The molecule has 11 heteroatoms. The number of nitrogens with zero attached hydrogens (tertiary/aromatic N) is 3. The minimum Gasteiger partial charge on any atom is -0.345 e. The fourth-order valence-corrected chi connectivity index (χ4v) is 6.10. The minimum atomic E-state index is -3.86. The van der Waals surface area contributed by atoms with Gasteiger partial charge >= 0.3 is 0 Å². The van der Waals surface area contributed by atoms with E-state index in [0.29, 0.717) is 35.5 Å². The smallest absolute Gasteiger partial charge is 0.248 e. The van der Waals surface area contributed by atoms with Gasteiger partial charge in [0, 0.05) is 52.8 Å². The average molecular weight is 521 g/mol. The van der Waals surface area contributed by atoms with E-state index in [1.54, 1.807) is 31.6 Å². The first kappa shape index (κ1) is 23.7. The number of sulfonamides is 1. The third-order valence-electron chi connectivity index (χ3n) is 6.83. The number of nitrogens with one attached hydrogen (secondary N) is 3. The van der Waals surface area contributed by atoms with Crippen LogP contribution < -0.4 is 10.0 Å². The Morgan fingerprint density at radius 2 is 1.78 bits per heavy atom. The zero-order chi connectivity index (χ0) is 25.7. The van der Waals surface area contributed by atoms with Crippen molar-refractivity contribution >= 4 is 32.5 Å². The fraction of sp³-hybridized carbons (Fsp3) is 0.308. The predicted octanol–water partition coefficient (Wildman–Crippen LogP) is 4.03. The van der Waals surface area contributed by atoms with Crippen LogP contribution >= 0.6 is 0 Å². The van der Waals surface area contributed by atoms with Gasteiger partial charge in [-0.25, -0.2) is 27.8 Å².